The van der Waals surface area contributed by atoms with Crippen LogP contribution in [0.5, 0.6) is 0 Å². The van der Waals surface area contributed by atoms with Crippen molar-refractivity contribution in [2.24, 2.45) is 5.92 Å². The zero-order valence-electron chi connectivity index (χ0n) is 12.4. The van der Waals surface area contributed by atoms with Crippen molar-refractivity contribution >= 4 is 5.97 Å². The van der Waals surface area contributed by atoms with Crippen molar-refractivity contribution in [1.82, 2.24) is 15.3 Å². The average Bonchev–Trinajstić information content (AvgIpc) is 2.46. The number of carbonyl (C=O) groups is 1. The summed E-state index contributed by atoms with van der Waals surface area (Å²) in [5, 5.41) is 3.26. The summed E-state index contributed by atoms with van der Waals surface area (Å²) < 4.78 is 10.3. The van der Waals surface area contributed by atoms with Gasteiger partial charge in [-0.3, -0.25) is 0 Å². The molecule has 0 spiro atoms. The number of hydrogen-bond acceptors (Lipinski definition) is 6. The lowest BCUT2D eigenvalue weighted by Crippen LogP contribution is -2.29. The van der Waals surface area contributed by atoms with E-state index in [2.05, 4.69) is 15.3 Å². The van der Waals surface area contributed by atoms with Gasteiger partial charge in [-0.1, -0.05) is 13.8 Å². The third kappa shape index (κ3) is 2.81. The highest BCUT2D eigenvalue weighted by Crippen LogP contribution is 2.25. The van der Waals surface area contributed by atoms with Crippen LogP contribution in [0.15, 0.2) is 0 Å². The summed E-state index contributed by atoms with van der Waals surface area (Å²) in [6.07, 6.45) is 0.505. The maximum Gasteiger partial charge on any atom is 0.357 e. The van der Waals surface area contributed by atoms with Crippen LogP contribution >= 0.6 is 0 Å². The maximum absolute atomic E-state index is 11.9. The van der Waals surface area contributed by atoms with Gasteiger partial charge < -0.3 is 14.8 Å². The summed E-state index contributed by atoms with van der Waals surface area (Å²) in [5.41, 5.74) is 2.12. The lowest BCUT2D eigenvalue weighted by atomic mass is 10.0. The summed E-state index contributed by atoms with van der Waals surface area (Å²) in [6.45, 7) is 5.53. The Balaban J connectivity index is 2.52. The van der Waals surface area contributed by atoms with Crippen molar-refractivity contribution in [2.75, 3.05) is 20.8 Å². The van der Waals surface area contributed by atoms with Crippen LogP contribution in [0.1, 0.15) is 47.5 Å². The highest BCUT2D eigenvalue weighted by molar-refractivity contribution is 5.89. The molecule has 0 amide bonds. The molecule has 0 radical (unpaired) electrons. The van der Waals surface area contributed by atoms with Gasteiger partial charge >= 0.3 is 5.97 Å². The van der Waals surface area contributed by atoms with E-state index in [0.717, 1.165) is 24.2 Å². The Morgan fingerprint density at radius 1 is 1.30 bits per heavy atom. The highest BCUT2D eigenvalue weighted by Gasteiger charge is 2.26. The van der Waals surface area contributed by atoms with Gasteiger partial charge in [0.15, 0.2) is 11.5 Å². The second-order valence-corrected chi connectivity index (χ2v) is 5.17. The minimum atomic E-state index is -0.412. The smallest absolute Gasteiger partial charge is 0.357 e. The van der Waals surface area contributed by atoms with Gasteiger partial charge in [0, 0.05) is 19.2 Å². The number of carbonyl (C=O) groups excluding carboxylic acids is 1. The summed E-state index contributed by atoms with van der Waals surface area (Å²) in [5.74, 6) is 0.357. The standard InChI is InChI=1S/C14H21N3O3/c1-8(2)12(19-3)13-16-10-7-15-6-5-9(10)11(17-13)14(18)20-4/h8,12,15H,5-7H2,1-4H3. The molecule has 6 heteroatoms. The van der Waals surface area contributed by atoms with Crippen molar-refractivity contribution in [1.29, 1.82) is 0 Å². The van der Waals surface area contributed by atoms with Crippen molar-refractivity contribution in [2.45, 2.75) is 32.9 Å². The van der Waals surface area contributed by atoms with E-state index in [0.29, 0.717) is 18.1 Å². The van der Waals surface area contributed by atoms with E-state index in [1.807, 2.05) is 13.8 Å². The number of rotatable bonds is 4. The summed E-state index contributed by atoms with van der Waals surface area (Å²) in [6, 6.07) is 0. The number of methoxy groups -OCH3 is 2. The van der Waals surface area contributed by atoms with E-state index in [1.54, 1.807) is 7.11 Å². The Morgan fingerprint density at radius 3 is 2.65 bits per heavy atom. The van der Waals surface area contributed by atoms with E-state index in [1.165, 1.54) is 7.11 Å². The second-order valence-electron chi connectivity index (χ2n) is 5.17. The van der Waals surface area contributed by atoms with E-state index < -0.39 is 5.97 Å². The van der Waals surface area contributed by atoms with Crippen LogP contribution < -0.4 is 5.32 Å². The second kappa shape index (κ2) is 6.28. The number of ether oxygens (including phenoxy) is 2. The predicted octanol–water partition coefficient (Wildman–Crippen LogP) is 1.25. The van der Waals surface area contributed by atoms with Crippen molar-refractivity contribution in [3.05, 3.63) is 22.8 Å². The van der Waals surface area contributed by atoms with Gasteiger partial charge in [0.1, 0.15) is 6.10 Å². The molecule has 2 rings (SSSR count). The van der Waals surface area contributed by atoms with Crippen molar-refractivity contribution in [3.8, 4) is 0 Å². The zero-order valence-corrected chi connectivity index (χ0v) is 12.4. The third-order valence-electron chi connectivity index (χ3n) is 3.45. The third-order valence-corrected chi connectivity index (χ3v) is 3.45. The van der Waals surface area contributed by atoms with Crippen LogP contribution in [0, 0.1) is 5.92 Å². The van der Waals surface area contributed by atoms with Gasteiger partial charge in [0.25, 0.3) is 0 Å². The fourth-order valence-corrected chi connectivity index (χ4v) is 2.45. The fourth-order valence-electron chi connectivity index (χ4n) is 2.45. The van der Waals surface area contributed by atoms with E-state index in [-0.39, 0.29) is 12.0 Å². The Hall–Kier alpha value is -1.53. The van der Waals surface area contributed by atoms with Gasteiger partial charge in [-0.25, -0.2) is 14.8 Å². The molecular weight excluding hydrogens is 258 g/mol. The SMILES string of the molecule is COC(=O)c1nc(C(OC)C(C)C)nc2c1CCNC2. The van der Waals surface area contributed by atoms with E-state index in [4.69, 9.17) is 9.47 Å². The molecule has 1 aromatic heterocycles. The van der Waals surface area contributed by atoms with Crippen LogP contribution in [0.4, 0.5) is 0 Å². The number of fused-ring (bicyclic) bond motifs is 1. The lowest BCUT2D eigenvalue weighted by Gasteiger charge is -2.23. The molecule has 1 atom stereocenters. The monoisotopic (exact) mass is 279 g/mol. The molecule has 0 aliphatic carbocycles. The molecule has 1 unspecified atom stereocenters. The quantitative estimate of drug-likeness (QED) is 0.836. The van der Waals surface area contributed by atoms with Crippen molar-refractivity contribution < 1.29 is 14.3 Å². The Morgan fingerprint density at radius 2 is 2.05 bits per heavy atom. The molecule has 1 aliphatic heterocycles. The van der Waals surface area contributed by atoms with E-state index in [9.17, 15) is 4.79 Å². The molecule has 0 saturated carbocycles. The molecule has 2 heterocycles. The van der Waals surface area contributed by atoms with Gasteiger partial charge in [0.2, 0.25) is 0 Å². The minimum absolute atomic E-state index is 0.222. The number of nitrogens with zero attached hydrogens (tertiary/aromatic N) is 2. The summed E-state index contributed by atoms with van der Waals surface area (Å²) in [4.78, 5) is 20.9. The van der Waals surface area contributed by atoms with Gasteiger partial charge in [-0.05, 0) is 18.9 Å². The number of esters is 1. The van der Waals surface area contributed by atoms with Gasteiger partial charge in [0.05, 0.1) is 12.8 Å². The van der Waals surface area contributed by atoms with Crippen molar-refractivity contribution in [3.63, 3.8) is 0 Å². The Kier molecular flexibility index (Phi) is 4.67. The maximum atomic E-state index is 11.9. The molecule has 1 aromatic rings. The molecule has 110 valence electrons. The van der Waals surface area contributed by atoms with Crippen LogP contribution in [0.3, 0.4) is 0 Å². The Labute approximate surface area is 118 Å². The predicted molar refractivity (Wildman–Crippen MR) is 73.4 cm³/mol. The molecule has 0 saturated heterocycles. The van der Waals surface area contributed by atoms with Gasteiger partial charge in [-0.2, -0.15) is 0 Å². The normalized spacial score (nSPS) is 15.8. The van der Waals surface area contributed by atoms with Gasteiger partial charge in [-0.15, -0.1) is 0 Å². The molecule has 1 N–H and O–H groups in total. The summed E-state index contributed by atoms with van der Waals surface area (Å²) >= 11 is 0. The number of nitrogens with one attached hydrogen (secondary N) is 1. The average molecular weight is 279 g/mol. The minimum Gasteiger partial charge on any atom is -0.464 e. The first-order chi connectivity index (χ1) is 9.58. The number of hydrogen-bond donors (Lipinski definition) is 1. The molecule has 0 aromatic carbocycles. The largest absolute Gasteiger partial charge is 0.464 e. The highest BCUT2D eigenvalue weighted by atomic mass is 16.5. The molecule has 0 fully saturated rings. The first-order valence-electron chi connectivity index (χ1n) is 6.80. The van der Waals surface area contributed by atoms with E-state index >= 15 is 0 Å². The van der Waals surface area contributed by atoms with Crippen LogP contribution in [-0.4, -0.2) is 36.7 Å². The molecule has 0 bridgehead atoms. The zero-order chi connectivity index (χ0) is 14.7. The topological polar surface area (TPSA) is 73.3 Å². The van der Waals surface area contributed by atoms with Crippen LogP contribution in [0.2, 0.25) is 0 Å². The molecule has 20 heavy (non-hydrogen) atoms. The first kappa shape index (κ1) is 14.9. The Bertz CT molecular complexity index is 503. The number of aromatic nitrogens is 2. The molecule has 1 aliphatic rings. The molecular formula is C14H21N3O3. The lowest BCUT2D eigenvalue weighted by molar-refractivity contribution is 0.0538. The fraction of sp³-hybridized carbons (Fsp3) is 0.643. The molecule has 6 nitrogen and oxygen atoms in total. The van der Waals surface area contributed by atoms with Crippen LogP contribution in [-0.2, 0) is 22.4 Å². The van der Waals surface area contributed by atoms with Crippen LogP contribution in [0.25, 0.3) is 0 Å². The first-order valence-corrected chi connectivity index (χ1v) is 6.80. The summed E-state index contributed by atoms with van der Waals surface area (Å²) in [7, 11) is 3.00.